The van der Waals surface area contributed by atoms with Gasteiger partial charge in [-0.15, -0.1) is 11.3 Å². The van der Waals surface area contributed by atoms with Crippen LogP contribution in [0, 0.1) is 0 Å². The van der Waals surface area contributed by atoms with E-state index >= 15 is 0 Å². The zero-order valence-electron chi connectivity index (χ0n) is 13.1. The van der Waals surface area contributed by atoms with Crippen molar-refractivity contribution in [3.8, 4) is 5.75 Å². The molecular weight excluding hydrogens is 320 g/mol. The second-order valence-electron chi connectivity index (χ2n) is 5.10. The normalized spacial score (nSPS) is 10.8. The molecule has 6 heteroatoms. The van der Waals surface area contributed by atoms with E-state index in [2.05, 4.69) is 27.6 Å². The van der Waals surface area contributed by atoms with Crippen LogP contribution in [0.2, 0.25) is 0 Å². The molecule has 0 atom stereocenters. The molecule has 1 aromatic heterocycles. The van der Waals surface area contributed by atoms with Gasteiger partial charge in [-0.05, 0) is 35.4 Å². The molecule has 0 aliphatic rings. The zero-order chi connectivity index (χ0) is 16.6. The first-order chi connectivity index (χ1) is 11.8. The largest absolute Gasteiger partial charge is 0.493 e. The fraction of sp³-hybridized carbons (Fsp3) is 0.111. The maximum absolute atomic E-state index is 5.76. The second kappa shape index (κ2) is 8.12. The predicted molar refractivity (Wildman–Crippen MR) is 99.8 cm³/mol. The molecule has 3 aromatic rings. The molecule has 0 radical (unpaired) electrons. The van der Waals surface area contributed by atoms with E-state index in [1.54, 1.807) is 11.6 Å². The molecule has 2 aromatic carbocycles. The Labute approximate surface area is 144 Å². The summed E-state index contributed by atoms with van der Waals surface area (Å²) in [6, 6.07) is 18.1. The van der Waals surface area contributed by atoms with E-state index < -0.39 is 0 Å². The molecule has 0 unspecified atom stereocenters. The van der Waals surface area contributed by atoms with Crippen LogP contribution in [0.25, 0.3) is 0 Å². The van der Waals surface area contributed by atoms with Gasteiger partial charge in [-0.3, -0.25) is 5.43 Å². The van der Waals surface area contributed by atoms with Crippen LogP contribution in [0.15, 0.2) is 65.1 Å². The van der Waals surface area contributed by atoms with Gasteiger partial charge in [0.15, 0.2) is 0 Å². The Morgan fingerprint density at radius 3 is 2.62 bits per heavy atom. The number of nitrogen functional groups attached to an aromatic ring is 1. The summed E-state index contributed by atoms with van der Waals surface area (Å²) in [5.41, 5.74) is 10.6. The van der Waals surface area contributed by atoms with Gasteiger partial charge in [0.2, 0.25) is 5.13 Å². The molecule has 0 aliphatic heterocycles. The minimum atomic E-state index is 0.495. The Kier molecular flexibility index (Phi) is 5.42. The number of ether oxygens (including phenoxy) is 1. The SMILES string of the molecule is Nc1csc(NN=Cc2ccc(OCCc3ccccc3)cc2)n1. The number of hydrogen-bond donors (Lipinski definition) is 2. The van der Waals surface area contributed by atoms with Gasteiger partial charge in [0, 0.05) is 11.8 Å². The fourth-order valence-electron chi connectivity index (χ4n) is 2.08. The van der Waals surface area contributed by atoms with Crippen LogP contribution in [-0.4, -0.2) is 17.8 Å². The van der Waals surface area contributed by atoms with Crippen molar-refractivity contribution in [3.63, 3.8) is 0 Å². The Bertz CT molecular complexity index is 784. The van der Waals surface area contributed by atoms with Gasteiger partial charge >= 0.3 is 0 Å². The van der Waals surface area contributed by atoms with E-state index in [1.165, 1.54) is 16.9 Å². The van der Waals surface area contributed by atoms with Gasteiger partial charge in [-0.2, -0.15) is 5.10 Å². The van der Waals surface area contributed by atoms with E-state index in [-0.39, 0.29) is 0 Å². The van der Waals surface area contributed by atoms with Crippen molar-refractivity contribution in [2.75, 3.05) is 17.8 Å². The smallest absolute Gasteiger partial charge is 0.205 e. The summed E-state index contributed by atoms with van der Waals surface area (Å²) >= 11 is 1.41. The summed E-state index contributed by atoms with van der Waals surface area (Å²) in [4.78, 5) is 4.07. The molecule has 0 saturated carbocycles. The van der Waals surface area contributed by atoms with E-state index in [9.17, 15) is 0 Å². The minimum Gasteiger partial charge on any atom is -0.493 e. The van der Waals surface area contributed by atoms with Crippen LogP contribution in [0.5, 0.6) is 5.75 Å². The maximum Gasteiger partial charge on any atom is 0.205 e. The number of rotatable bonds is 7. The first-order valence-electron chi connectivity index (χ1n) is 7.56. The van der Waals surface area contributed by atoms with Crippen molar-refractivity contribution >= 4 is 28.5 Å². The van der Waals surface area contributed by atoms with Crippen LogP contribution >= 0.6 is 11.3 Å². The molecule has 5 nitrogen and oxygen atoms in total. The summed E-state index contributed by atoms with van der Waals surface area (Å²) in [6.07, 6.45) is 2.62. The minimum absolute atomic E-state index is 0.495. The number of thiazole rings is 1. The number of nitrogens with zero attached hydrogens (tertiary/aromatic N) is 2. The third-order valence-corrected chi connectivity index (χ3v) is 4.04. The Morgan fingerprint density at radius 2 is 1.92 bits per heavy atom. The zero-order valence-corrected chi connectivity index (χ0v) is 13.9. The molecule has 24 heavy (non-hydrogen) atoms. The van der Waals surface area contributed by atoms with E-state index in [0.29, 0.717) is 17.6 Å². The first-order valence-corrected chi connectivity index (χ1v) is 8.44. The maximum atomic E-state index is 5.76. The first kappa shape index (κ1) is 16.0. The molecular formula is C18H18N4OS. The van der Waals surface area contributed by atoms with Crippen molar-refractivity contribution in [1.29, 1.82) is 0 Å². The summed E-state index contributed by atoms with van der Waals surface area (Å²) in [6.45, 7) is 0.657. The lowest BCUT2D eigenvalue weighted by molar-refractivity contribution is 0.322. The number of nitrogens with one attached hydrogen (secondary N) is 1. The van der Waals surface area contributed by atoms with Crippen molar-refractivity contribution in [3.05, 3.63) is 71.1 Å². The Morgan fingerprint density at radius 1 is 1.12 bits per heavy atom. The number of aromatic nitrogens is 1. The molecule has 0 aliphatic carbocycles. The Balaban J connectivity index is 1.46. The quantitative estimate of drug-likeness (QED) is 0.508. The molecule has 0 saturated heterocycles. The third kappa shape index (κ3) is 4.82. The fourth-order valence-corrected chi connectivity index (χ4v) is 2.63. The highest BCUT2D eigenvalue weighted by Crippen LogP contribution is 2.16. The lowest BCUT2D eigenvalue weighted by Gasteiger charge is -2.06. The summed E-state index contributed by atoms with van der Waals surface area (Å²) in [5, 5.41) is 6.57. The van der Waals surface area contributed by atoms with E-state index in [4.69, 9.17) is 10.5 Å². The van der Waals surface area contributed by atoms with Crippen LogP contribution in [0.3, 0.4) is 0 Å². The molecule has 0 spiro atoms. The van der Waals surface area contributed by atoms with Gasteiger partial charge in [-0.25, -0.2) is 4.98 Å². The van der Waals surface area contributed by atoms with Crippen LogP contribution < -0.4 is 15.9 Å². The molecule has 3 rings (SSSR count). The molecule has 122 valence electrons. The average molecular weight is 338 g/mol. The highest BCUT2D eigenvalue weighted by Gasteiger charge is 1.97. The van der Waals surface area contributed by atoms with Crippen molar-refractivity contribution in [1.82, 2.24) is 4.98 Å². The van der Waals surface area contributed by atoms with Gasteiger partial charge in [0.25, 0.3) is 0 Å². The summed E-state index contributed by atoms with van der Waals surface area (Å²) in [5.74, 6) is 1.35. The monoisotopic (exact) mass is 338 g/mol. The molecule has 0 fully saturated rings. The number of anilines is 2. The average Bonchev–Trinajstić information content (AvgIpc) is 3.03. The molecule has 3 N–H and O–H groups in total. The summed E-state index contributed by atoms with van der Waals surface area (Å²) < 4.78 is 5.76. The van der Waals surface area contributed by atoms with E-state index in [1.807, 2.05) is 42.5 Å². The van der Waals surface area contributed by atoms with Gasteiger partial charge in [-0.1, -0.05) is 30.3 Å². The van der Waals surface area contributed by atoms with Gasteiger partial charge in [0.05, 0.1) is 12.8 Å². The number of nitrogens with two attached hydrogens (primary N) is 1. The van der Waals surface area contributed by atoms with E-state index in [0.717, 1.165) is 17.7 Å². The Hall–Kier alpha value is -2.86. The summed E-state index contributed by atoms with van der Waals surface area (Å²) in [7, 11) is 0. The highest BCUT2D eigenvalue weighted by molar-refractivity contribution is 7.14. The number of hydrazone groups is 1. The van der Waals surface area contributed by atoms with Gasteiger partial charge < -0.3 is 10.5 Å². The van der Waals surface area contributed by atoms with Crippen LogP contribution in [0.4, 0.5) is 10.9 Å². The highest BCUT2D eigenvalue weighted by atomic mass is 32.1. The lowest BCUT2D eigenvalue weighted by Crippen LogP contribution is -2.01. The van der Waals surface area contributed by atoms with Gasteiger partial charge in [0.1, 0.15) is 11.6 Å². The third-order valence-electron chi connectivity index (χ3n) is 3.28. The second-order valence-corrected chi connectivity index (χ2v) is 5.96. The lowest BCUT2D eigenvalue weighted by atomic mass is 10.2. The van der Waals surface area contributed by atoms with Crippen LogP contribution in [0.1, 0.15) is 11.1 Å². The standard InChI is InChI=1S/C18H18N4OS/c19-17-13-24-18(21-17)22-20-12-15-6-8-16(9-7-15)23-11-10-14-4-2-1-3-5-14/h1-9,12-13H,10-11,19H2,(H,21,22). The predicted octanol–water partition coefficient (Wildman–Crippen LogP) is 3.79. The van der Waals surface area contributed by atoms with Crippen molar-refractivity contribution < 1.29 is 4.74 Å². The van der Waals surface area contributed by atoms with Crippen molar-refractivity contribution in [2.24, 2.45) is 5.10 Å². The molecule has 1 heterocycles. The molecule has 0 bridgehead atoms. The number of hydrogen-bond acceptors (Lipinski definition) is 6. The van der Waals surface area contributed by atoms with Crippen molar-refractivity contribution in [2.45, 2.75) is 6.42 Å². The van der Waals surface area contributed by atoms with Crippen LogP contribution in [-0.2, 0) is 6.42 Å². The topological polar surface area (TPSA) is 72.5 Å². The number of benzene rings is 2. The molecule has 0 amide bonds.